The van der Waals surface area contributed by atoms with Crippen LogP contribution in [0.5, 0.6) is 0 Å². The quantitative estimate of drug-likeness (QED) is 0.608. The summed E-state index contributed by atoms with van der Waals surface area (Å²) < 4.78 is 1.72. The monoisotopic (exact) mass is 362 g/mol. The number of aryl methyl sites for hydroxylation is 1. The van der Waals surface area contributed by atoms with E-state index in [4.69, 9.17) is 11.1 Å². The summed E-state index contributed by atoms with van der Waals surface area (Å²) in [5.74, 6) is 1.14. The molecule has 3 aromatic heterocycles. The zero-order chi connectivity index (χ0) is 18.8. The van der Waals surface area contributed by atoms with Gasteiger partial charge in [0.05, 0.1) is 35.2 Å². The second-order valence-corrected chi connectivity index (χ2v) is 6.76. The van der Waals surface area contributed by atoms with E-state index in [-0.39, 0.29) is 5.71 Å². The molecule has 1 saturated heterocycles. The maximum absolute atomic E-state index is 8.66. The van der Waals surface area contributed by atoms with Crippen LogP contribution in [0.15, 0.2) is 36.9 Å². The normalized spacial score (nSPS) is 15.0. The van der Waals surface area contributed by atoms with Crippen LogP contribution in [0.2, 0.25) is 0 Å². The fraction of sp³-hybridized carbons (Fsp3) is 0.316. The molecule has 4 heterocycles. The van der Waals surface area contributed by atoms with E-state index in [1.807, 2.05) is 19.3 Å². The average Bonchev–Trinajstić information content (AvgIpc) is 3.15. The molecule has 0 aromatic carbocycles. The summed E-state index contributed by atoms with van der Waals surface area (Å²) in [7, 11) is 1.85. The first-order valence-corrected chi connectivity index (χ1v) is 8.99. The van der Waals surface area contributed by atoms with Gasteiger partial charge in [0.1, 0.15) is 5.82 Å². The SMILES string of the molecule is Cn1cc(-c2cc(C(=N)c3ccnc(C4CCNCC4)n3)c(N)cn2)cn1. The number of nitrogens with one attached hydrogen (secondary N) is 2. The molecule has 0 radical (unpaired) electrons. The molecule has 0 bridgehead atoms. The first-order chi connectivity index (χ1) is 13.1. The molecule has 0 aliphatic carbocycles. The van der Waals surface area contributed by atoms with Crippen LogP contribution >= 0.6 is 0 Å². The van der Waals surface area contributed by atoms with Crippen LogP contribution in [0.25, 0.3) is 11.3 Å². The molecule has 3 aromatic rings. The van der Waals surface area contributed by atoms with Gasteiger partial charge in [-0.3, -0.25) is 15.1 Å². The van der Waals surface area contributed by atoms with Crippen LogP contribution < -0.4 is 11.1 Å². The minimum absolute atomic E-state index is 0.276. The van der Waals surface area contributed by atoms with Gasteiger partial charge in [0, 0.05) is 36.5 Å². The second-order valence-electron chi connectivity index (χ2n) is 6.76. The summed E-state index contributed by atoms with van der Waals surface area (Å²) in [4.78, 5) is 13.5. The Morgan fingerprint density at radius 2 is 2.07 bits per heavy atom. The highest BCUT2D eigenvalue weighted by atomic mass is 15.2. The molecule has 0 amide bonds. The van der Waals surface area contributed by atoms with E-state index in [0.29, 0.717) is 22.9 Å². The number of nitrogens with zero attached hydrogens (tertiary/aromatic N) is 5. The van der Waals surface area contributed by atoms with E-state index in [2.05, 4.69) is 25.4 Å². The molecule has 1 aliphatic heterocycles. The molecule has 4 N–H and O–H groups in total. The molecular weight excluding hydrogens is 340 g/mol. The van der Waals surface area contributed by atoms with E-state index in [9.17, 15) is 0 Å². The molecule has 8 nitrogen and oxygen atoms in total. The molecule has 8 heteroatoms. The minimum Gasteiger partial charge on any atom is -0.397 e. The van der Waals surface area contributed by atoms with Crippen molar-refractivity contribution in [2.75, 3.05) is 18.8 Å². The Balaban J connectivity index is 1.66. The van der Waals surface area contributed by atoms with Gasteiger partial charge in [-0.1, -0.05) is 0 Å². The summed E-state index contributed by atoms with van der Waals surface area (Å²) in [5, 5.41) is 16.2. The topological polar surface area (TPSA) is 118 Å². The van der Waals surface area contributed by atoms with Crippen molar-refractivity contribution >= 4 is 11.4 Å². The van der Waals surface area contributed by atoms with Crippen LogP contribution in [0.3, 0.4) is 0 Å². The van der Waals surface area contributed by atoms with Gasteiger partial charge in [0.15, 0.2) is 0 Å². The standard InChI is InChI=1S/C19H22N8/c1-27-11-13(9-25-27)17-8-14(15(20)10-24-17)18(21)16-4-7-23-19(26-16)12-2-5-22-6-3-12/h4,7-12,21-22H,2-3,5-6,20H2,1H3. The van der Waals surface area contributed by atoms with Gasteiger partial charge in [-0.25, -0.2) is 9.97 Å². The van der Waals surface area contributed by atoms with Crippen molar-refractivity contribution in [1.29, 1.82) is 5.41 Å². The fourth-order valence-electron chi connectivity index (χ4n) is 3.32. The summed E-state index contributed by atoms with van der Waals surface area (Å²) in [6.45, 7) is 1.95. The number of nitrogens with two attached hydrogens (primary N) is 1. The van der Waals surface area contributed by atoms with Crippen molar-refractivity contribution in [3.05, 3.63) is 54.0 Å². The van der Waals surface area contributed by atoms with Gasteiger partial charge >= 0.3 is 0 Å². The molecule has 0 unspecified atom stereocenters. The Morgan fingerprint density at radius 3 is 2.81 bits per heavy atom. The highest BCUT2D eigenvalue weighted by Gasteiger charge is 2.20. The number of nitrogen functional groups attached to an aromatic ring is 1. The molecule has 0 spiro atoms. The third-order valence-corrected chi connectivity index (χ3v) is 4.84. The van der Waals surface area contributed by atoms with Gasteiger partial charge in [-0.15, -0.1) is 0 Å². The number of hydrogen-bond donors (Lipinski definition) is 3. The van der Waals surface area contributed by atoms with Crippen molar-refractivity contribution in [2.45, 2.75) is 18.8 Å². The van der Waals surface area contributed by atoms with E-state index >= 15 is 0 Å². The predicted octanol–water partition coefficient (Wildman–Crippen LogP) is 1.74. The third-order valence-electron chi connectivity index (χ3n) is 4.84. The van der Waals surface area contributed by atoms with Crippen molar-refractivity contribution < 1.29 is 0 Å². The first kappa shape index (κ1) is 17.3. The Labute approximate surface area is 157 Å². The lowest BCUT2D eigenvalue weighted by molar-refractivity contribution is 0.444. The van der Waals surface area contributed by atoms with Crippen molar-refractivity contribution in [3.63, 3.8) is 0 Å². The molecule has 4 rings (SSSR count). The zero-order valence-corrected chi connectivity index (χ0v) is 15.2. The Hall–Kier alpha value is -3.13. The lowest BCUT2D eigenvalue weighted by atomic mass is 9.97. The molecule has 138 valence electrons. The number of rotatable bonds is 4. The van der Waals surface area contributed by atoms with Crippen molar-refractivity contribution in [2.24, 2.45) is 7.05 Å². The number of pyridine rings is 1. The van der Waals surface area contributed by atoms with Gasteiger partial charge < -0.3 is 11.1 Å². The van der Waals surface area contributed by atoms with Crippen molar-refractivity contribution in [1.82, 2.24) is 30.0 Å². The number of anilines is 1. The minimum atomic E-state index is 0.276. The fourth-order valence-corrected chi connectivity index (χ4v) is 3.32. The van der Waals surface area contributed by atoms with E-state index < -0.39 is 0 Å². The van der Waals surface area contributed by atoms with Crippen molar-refractivity contribution in [3.8, 4) is 11.3 Å². The summed E-state index contributed by atoms with van der Waals surface area (Å²) in [6.07, 6.45) is 8.96. The summed E-state index contributed by atoms with van der Waals surface area (Å²) >= 11 is 0. The summed E-state index contributed by atoms with van der Waals surface area (Å²) in [6, 6.07) is 3.58. The van der Waals surface area contributed by atoms with Crippen LogP contribution in [0.4, 0.5) is 5.69 Å². The summed E-state index contributed by atoms with van der Waals surface area (Å²) in [5.41, 5.74) is 9.64. The largest absolute Gasteiger partial charge is 0.397 e. The lowest BCUT2D eigenvalue weighted by Gasteiger charge is -2.21. The highest BCUT2D eigenvalue weighted by Crippen LogP contribution is 2.25. The maximum Gasteiger partial charge on any atom is 0.132 e. The van der Waals surface area contributed by atoms with Gasteiger partial charge in [-0.2, -0.15) is 5.10 Å². The van der Waals surface area contributed by atoms with Crippen LogP contribution in [0.1, 0.15) is 35.8 Å². The van der Waals surface area contributed by atoms with Gasteiger partial charge in [0.25, 0.3) is 0 Å². The molecular formula is C19H22N8. The van der Waals surface area contributed by atoms with E-state index in [1.54, 1.807) is 29.3 Å². The van der Waals surface area contributed by atoms with Crippen LogP contribution in [-0.4, -0.2) is 43.5 Å². The predicted molar refractivity (Wildman–Crippen MR) is 104 cm³/mol. The third kappa shape index (κ3) is 3.56. The van der Waals surface area contributed by atoms with Crippen LogP contribution in [0, 0.1) is 5.41 Å². The number of piperidine rings is 1. The second kappa shape index (κ2) is 7.24. The number of aromatic nitrogens is 5. The Kier molecular flexibility index (Phi) is 4.64. The van der Waals surface area contributed by atoms with E-state index in [0.717, 1.165) is 43.0 Å². The van der Waals surface area contributed by atoms with Gasteiger partial charge in [0.2, 0.25) is 0 Å². The molecule has 0 saturated carbocycles. The Morgan fingerprint density at radius 1 is 1.26 bits per heavy atom. The maximum atomic E-state index is 8.66. The van der Waals surface area contributed by atoms with E-state index in [1.165, 1.54) is 0 Å². The van der Waals surface area contributed by atoms with Gasteiger partial charge in [-0.05, 0) is 38.1 Å². The molecule has 1 aliphatic rings. The van der Waals surface area contributed by atoms with Crippen LogP contribution in [-0.2, 0) is 7.05 Å². The zero-order valence-electron chi connectivity index (χ0n) is 15.2. The lowest BCUT2D eigenvalue weighted by Crippen LogP contribution is -2.27. The highest BCUT2D eigenvalue weighted by molar-refractivity contribution is 6.13. The molecule has 27 heavy (non-hydrogen) atoms. The molecule has 1 fully saturated rings. The first-order valence-electron chi connectivity index (χ1n) is 8.99. The smallest absolute Gasteiger partial charge is 0.132 e. The average molecular weight is 362 g/mol. The number of hydrogen-bond acceptors (Lipinski definition) is 7. The molecule has 0 atom stereocenters. The Bertz CT molecular complexity index is 971.